The van der Waals surface area contributed by atoms with Crippen LogP contribution in [0.5, 0.6) is 0 Å². The molecule has 20 heavy (non-hydrogen) atoms. The van der Waals surface area contributed by atoms with Crippen LogP contribution in [0.15, 0.2) is 18.2 Å². The molecule has 2 rings (SSSR count). The number of halogens is 1. The van der Waals surface area contributed by atoms with Gasteiger partial charge in [0.2, 0.25) is 5.91 Å². The van der Waals surface area contributed by atoms with Gasteiger partial charge >= 0.3 is 0 Å². The van der Waals surface area contributed by atoms with E-state index in [2.05, 4.69) is 10.6 Å². The van der Waals surface area contributed by atoms with Gasteiger partial charge in [-0.3, -0.25) is 14.9 Å². The third kappa shape index (κ3) is 2.93. The van der Waals surface area contributed by atoms with Crippen LogP contribution in [0.4, 0.5) is 15.8 Å². The summed E-state index contributed by atoms with van der Waals surface area (Å²) < 4.78 is 13.2. The number of hydrogen-bond donors (Lipinski definition) is 2. The van der Waals surface area contributed by atoms with Crippen molar-refractivity contribution in [3.05, 3.63) is 34.1 Å². The maximum atomic E-state index is 13.2. The molecule has 2 N–H and O–H groups in total. The molecule has 0 saturated carbocycles. The topological polar surface area (TPSA) is 84.3 Å². The van der Waals surface area contributed by atoms with Crippen molar-refractivity contribution in [3.8, 4) is 0 Å². The average Bonchev–Trinajstić information content (AvgIpc) is 2.39. The molecule has 0 aromatic heterocycles. The standard InChI is InChI=1S/C13H16FN3O3/c1-13(4-6-15-7-5-13)12(18)16-10-8-9(14)2-3-11(10)17(19)20/h2-3,8,15H,4-7H2,1H3,(H,16,18). The van der Waals surface area contributed by atoms with E-state index in [4.69, 9.17) is 0 Å². The number of anilines is 1. The van der Waals surface area contributed by atoms with Gasteiger partial charge in [-0.05, 0) is 32.0 Å². The van der Waals surface area contributed by atoms with E-state index in [0.29, 0.717) is 12.8 Å². The number of carbonyl (C=O) groups is 1. The summed E-state index contributed by atoms with van der Waals surface area (Å²) >= 11 is 0. The van der Waals surface area contributed by atoms with Crippen molar-refractivity contribution >= 4 is 17.3 Å². The average molecular weight is 281 g/mol. The minimum atomic E-state index is -0.639. The highest BCUT2D eigenvalue weighted by atomic mass is 19.1. The third-order valence-electron chi connectivity index (χ3n) is 3.66. The van der Waals surface area contributed by atoms with Crippen LogP contribution in [-0.2, 0) is 4.79 Å². The van der Waals surface area contributed by atoms with Crippen LogP contribution < -0.4 is 10.6 Å². The summed E-state index contributed by atoms with van der Waals surface area (Å²) in [4.78, 5) is 22.5. The molecular formula is C13H16FN3O3. The monoisotopic (exact) mass is 281 g/mol. The van der Waals surface area contributed by atoms with E-state index in [-0.39, 0.29) is 17.3 Å². The largest absolute Gasteiger partial charge is 0.320 e. The van der Waals surface area contributed by atoms with Gasteiger partial charge < -0.3 is 10.6 Å². The van der Waals surface area contributed by atoms with Crippen molar-refractivity contribution in [1.29, 1.82) is 0 Å². The zero-order valence-electron chi connectivity index (χ0n) is 11.1. The van der Waals surface area contributed by atoms with Crippen molar-refractivity contribution in [2.75, 3.05) is 18.4 Å². The summed E-state index contributed by atoms with van der Waals surface area (Å²) in [5, 5.41) is 16.5. The third-order valence-corrected chi connectivity index (χ3v) is 3.66. The van der Waals surface area contributed by atoms with E-state index in [9.17, 15) is 19.3 Å². The fourth-order valence-corrected chi connectivity index (χ4v) is 2.25. The van der Waals surface area contributed by atoms with Crippen LogP contribution in [0.25, 0.3) is 0 Å². The van der Waals surface area contributed by atoms with Crippen molar-refractivity contribution in [1.82, 2.24) is 5.32 Å². The van der Waals surface area contributed by atoms with Gasteiger partial charge in [0.15, 0.2) is 0 Å². The van der Waals surface area contributed by atoms with E-state index in [1.165, 1.54) is 0 Å². The maximum Gasteiger partial charge on any atom is 0.292 e. The maximum absolute atomic E-state index is 13.2. The highest BCUT2D eigenvalue weighted by Crippen LogP contribution is 2.32. The summed E-state index contributed by atoms with van der Waals surface area (Å²) in [5.74, 6) is -0.936. The smallest absolute Gasteiger partial charge is 0.292 e. The Bertz CT molecular complexity index is 542. The predicted octanol–water partition coefficient (Wildman–Crippen LogP) is 2.06. The zero-order chi connectivity index (χ0) is 14.8. The number of nitrogens with zero attached hydrogens (tertiary/aromatic N) is 1. The predicted molar refractivity (Wildman–Crippen MR) is 71.9 cm³/mol. The molecule has 1 saturated heterocycles. The number of benzene rings is 1. The number of piperidine rings is 1. The molecule has 108 valence electrons. The van der Waals surface area contributed by atoms with Crippen LogP contribution in [0, 0.1) is 21.3 Å². The second-order valence-corrected chi connectivity index (χ2v) is 5.18. The van der Waals surface area contributed by atoms with Gasteiger partial charge in [-0.15, -0.1) is 0 Å². The summed E-state index contributed by atoms with van der Waals surface area (Å²) in [6.45, 7) is 3.25. The number of carbonyl (C=O) groups excluding carboxylic acids is 1. The molecule has 0 spiro atoms. The quantitative estimate of drug-likeness (QED) is 0.656. The molecule has 1 aliphatic rings. The number of hydrogen-bond acceptors (Lipinski definition) is 4. The first-order valence-corrected chi connectivity index (χ1v) is 6.38. The molecule has 6 nitrogen and oxygen atoms in total. The molecule has 1 aromatic rings. The van der Waals surface area contributed by atoms with Crippen molar-refractivity contribution in [2.45, 2.75) is 19.8 Å². The SMILES string of the molecule is CC1(C(=O)Nc2cc(F)ccc2[N+](=O)[O-])CCNCC1. The lowest BCUT2D eigenvalue weighted by molar-refractivity contribution is -0.384. The second-order valence-electron chi connectivity index (χ2n) is 5.18. The lowest BCUT2D eigenvalue weighted by atomic mass is 9.80. The van der Waals surface area contributed by atoms with Crippen LogP contribution in [0.2, 0.25) is 0 Å². The Balaban J connectivity index is 2.23. The molecule has 1 aliphatic heterocycles. The molecule has 1 aromatic carbocycles. The second kappa shape index (κ2) is 5.54. The summed E-state index contributed by atoms with van der Waals surface area (Å²) in [6, 6.07) is 3.02. The van der Waals surface area contributed by atoms with E-state index in [1.54, 1.807) is 0 Å². The lowest BCUT2D eigenvalue weighted by Gasteiger charge is -2.32. The number of nitro groups is 1. The highest BCUT2D eigenvalue weighted by molar-refractivity contribution is 5.97. The Kier molecular flexibility index (Phi) is 3.99. The Morgan fingerprint density at radius 2 is 2.10 bits per heavy atom. The normalized spacial score (nSPS) is 17.5. The van der Waals surface area contributed by atoms with Crippen LogP contribution in [0.3, 0.4) is 0 Å². The first-order valence-electron chi connectivity index (χ1n) is 6.38. The Morgan fingerprint density at radius 3 is 2.70 bits per heavy atom. The number of amides is 1. The van der Waals surface area contributed by atoms with Gasteiger partial charge in [0.05, 0.1) is 4.92 Å². The molecule has 0 radical (unpaired) electrons. The lowest BCUT2D eigenvalue weighted by Crippen LogP contribution is -2.42. The minimum Gasteiger partial charge on any atom is -0.320 e. The van der Waals surface area contributed by atoms with E-state index >= 15 is 0 Å². The fraction of sp³-hybridized carbons (Fsp3) is 0.462. The molecule has 0 unspecified atom stereocenters. The van der Waals surface area contributed by atoms with Crippen LogP contribution >= 0.6 is 0 Å². The molecule has 0 bridgehead atoms. The van der Waals surface area contributed by atoms with Crippen molar-refractivity contribution in [2.24, 2.45) is 5.41 Å². The Morgan fingerprint density at radius 1 is 1.45 bits per heavy atom. The molecule has 7 heteroatoms. The van der Waals surface area contributed by atoms with Gasteiger partial charge in [-0.25, -0.2) is 4.39 Å². The highest BCUT2D eigenvalue weighted by Gasteiger charge is 2.35. The minimum absolute atomic E-state index is 0.0974. The van der Waals surface area contributed by atoms with E-state index in [0.717, 1.165) is 31.3 Å². The Labute approximate surface area is 115 Å². The summed E-state index contributed by atoms with van der Waals surface area (Å²) in [7, 11) is 0. The van der Waals surface area contributed by atoms with Gasteiger partial charge in [-0.2, -0.15) is 0 Å². The number of rotatable bonds is 3. The van der Waals surface area contributed by atoms with E-state index in [1.807, 2.05) is 6.92 Å². The van der Waals surface area contributed by atoms with E-state index < -0.39 is 16.2 Å². The molecular weight excluding hydrogens is 265 g/mol. The van der Waals surface area contributed by atoms with Gasteiger partial charge in [0.25, 0.3) is 5.69 Å². The number of nitrogens with one attached hydrogen (secondary N) is 2. The molecule has 1 amide bonds. The Hall–Kier alpha value is -2.02. The first-order chi connectivity index (χ1) is 9.42. The van der Waals surface area contributed by atoms with Crippen LogP contribution in [0.1, 0.15) is 19.8 Å². The van der Waals surface area contributed by atoms with Crippen molar-refractivity contribution < 1.29 is 14.1 Å². The summed E-state index contributed by atoms with van der Waals surface area (Å²) in [5.41, 5.74) is -0.997. The number of nitro benzene ring substituents is 1. The molecule has 0 aliphatic carbocycles. The molecule has 1 heterocycles. The molecule has 1 fully saturated rings. The first kappa shape index (κ1) is 14.4. The summed E-state index contributed by atoms with van der Waals surface area (Å²) in [6.07, 6.45) is 1.28. The van der Waals surface area contributed by atoms with Crippen LogP contribution in [-0.4, -0.2) is 23.9 Å². The molecule has 0 atom stereocenters. The van der Waals surface area contributed by atoms with Gasteiger partial charge in [0, 0.05) is 17.5 Å². The van der Waals surface area contributed by atoms with Crippen molar-refractivity contribution in [3.63, 3.8) is 0 Å². The van der Waals surface area contributed by atoms with Gasteiger partial charge in [-0.1, -0.05) is 6.92 Å². The fourth-order valence-electron chi connectivity index (χ4n) is 2.25. The zero-order valence-corrected chi connectivity index (χ0v) is 11.1. The van der Waals surface area contributed by atoms with Gasteiger partial charge in [0.1, 0.15) is 11.5 Å².